The van der Waals surface area contributed by atoms with Gasteiger partial charge in [-0.15, -0.1) is 11.3 Å². The fourth-order valence-corrected chi connectivity index (χ4v) is 4.50. The van der Waals surface area contributed by atoms with Crippen LogP contribution in [0.5, 0.6) is 0 Å². The minimum absolute atomic E-state index is 0.238. The molecule has 12 heteroatoms. The van der Waals surface area contributed by atoms with Crippen molar-refractivity contribution in [2.24, 2.45) is 0 Å². The van der Waals surface area contributed by atoms with Crippen molar-refractivity contribution < 1.29 is 14.0 Å². The molecule has 2 atom stereocenters. The number of rotatable bonds is 6. The molecule has 0 bridgehead atoms. The van der Waals surface area contributed by atoms with Crippen LogP contribution in [-0.4, -0.2) is 38.8 Å². The highest BCUT2D eigenvalue weighted by Crippen LogP contribution is 2.29. The second-order valence-electron chi connectivity index (χ2n) is 7.58. The first-order valence-corrected chi connectivity index (χ1v) is 11.3. The van der Waals surface area contributed by atoms with E-state index < -0.39 is 12.2 Å². The van der Waals surface area contributed by atoms with Gasteiger partial charge in [0.2, 0.25) is 0 Å². The van der Waals surface area contributed by atoms with Gasteiger partial charge in [-0.25, -0.2) is 24.4 Å². The summed E-state index contributed by atoms with van der Waals surface area (Å²) in [5, 5.41) is 8.21. The van der Waals surface area contributed by atoms with Crippen LogP contribution in [-0.2, 0) is 6.54 Å². The van der Waals surface area contributed by atoms with E-state index >= 15 is 0 Å². The smallest absolute Gasteiger partial charge is 0.270 e. The predicted molar refractivity (Wildman–Crippen MR) is 124 cm³/mol. The Hall–Kier alpha value is -3.15. The summed E-state index contributed by atoms with van der Waals surface area (Å²) in [6, 6.07) is 4.19. The van der Waals surface area contributed by atoms with E-state index in [-0.39, 0.29) is 16.8 Å². The molecule has 1 aromatic carbocycles. The lowest BCUT2D eigenvalue weighted by atomic mass is 10.1. The maximum atomic E-state index is 13.5. The van der Waals surface area contributed by atoms with Gasteiger partial charge in [-0.2, -0.15) is 0 Å². The maximum Gasteiger partial charge on any atom is 0.270 e. The molecule has 0 spiro atoms. The van der Waals surface area contributed by atoms with E-state index in [9.17, 15) is 14.0 Å². The van der Waals surface area contributed by atoms with Crippen LogP contribution < -0.4 is 16.1 Å². The van der Waals surface area contributed by atoms with Crippen LogP contribution >= 0.6 is 22.9 Å². The first-order valence-electron chi connectivity index (χ1n) is 10.1. The Morgan fingerprint density at radius 1 is 1.24 bits per heavy atom. The Morgan fingerprint density at radius 2 is 2.03 bits per heavy atom. The number of carbonyl (C=O) groups is 2. The monoisotopic (exact) mass is 489 g/mol. The summed E-state index contributed by atoms with van der Waals surface area (Å²) in [5.74, 6) is -0.124. The molecule has 0 radical (unpaired) electrons. The Labute approximate surface area is 198 Å². The maximum absolute atomic E-state index is 13.5. The number of hydrogen-bond acceptors (Lipinski definition) is 8. The number of aromatic nitrogens is 3. The molecule has 172 valence electrons. The van der Waals surface area contributed by atoms with Gasteiger partial charge in [-0.3, -0.25) is 9.59 Å². The van der Waals surface area contributed by atoms with E-state index in [2.05, 4.69) is 31.0 Å². The number of halogens is 2. The summed E-state index contributed by atoms with van der Waals surface area (Å²) in [6.07, 6.45) is 1.58. The van der Waals surface area contributed by atoms with E-state index in [0.29, 0.717) is 39.2 Å². The summed E-state index contributed by atoms with van der Waals surface area (Å²) < 4.78 is 13.5. The summed E-state index contributed by atoms with van der Waals surface area (Å²) in [5.41, 5.74) is 4.86. The Balaban J connectivity index is 1.42. The largest absolute Gasteiger partial charge is 0.342 e. The third-order valence-corrected chi connectivity index (χ3v) is 6.51. The van der Waals surface area contributed by atoms with Crippen LogP contribution in [0.1, 0.15) is 62.4 Å². The average Bonchev–Trinajstić information content (AvgIpc) is 3.39. The van der Waals surface area contributed by atoms with Crippen LogP contribution in [0.15, 0.2) is 30.7 Å². The zero-order chi connectivity index (χ0) is 23.7. The quantitative estimate of drug-likeness (QED) is 0.477. The van der Waals surface area contributed by atoms with E-state index in [1.807, 2.05) is 12.1 Å². The van der Waals surface area contributed by atoms with Crippen LogP contribution in [0.25, 0.3) is 0 Å². The van der Waals surface area contributed by atoms with Gasteiger partial charge in [0.1, 0.15) is 33.9 Å². The van der Waals surface area contributed by atoms with Gasteiger partial charge in [-0.1, -0.05) is 17.7 Å². The summed E-state index contributed by atoms with van der Waals surface area (Å²) in [7, 11) is 1.85. The van der Waals surface area contributed by atoms with Crippen LogP contribution in [0, 0.1) is 0 Å². The minimum atomic E-state index is -1.21. The number of nitrogens with zero attached hydrogens (tertiary/aromatic N) is 4. The molecule has 3 N–H and O–H groups in total. The molecule has 1 aliphatic rings. The summed E-state index contributed by atoms with van der Waals surface area (Å²) in [4.78, 5) is 38.3. The molecule has 0 saturated heterocycles. The fourth-order valence-electron chi connectivity index (χ4n) is 3.35. The molecule has 3 aromatic rings. The van der Waals surface area contributed by atoms with Crippen LogP contribution in [0.2, 0.25) is 5.02 Å². The topological polar surface area (TPSA) is 112 Å². The zero-order valence-corrected chi connectivity index (χ0v) is 19.6. The number of anilines is 2. The standard InChI is InChI=1S/C21H21ClFN7O2S/c1-10(23)13-5-4-12(6-15(13)22)28-19(31)16-7-24-21(33-16)11(2)27-20(32)17-14-8-30(3)29-18(14)26-9-25-17/h4-7,9-11H,8H2,1-3H3,(H,27,32)(H,28,31)(H,25,26,29). The lowest BCUT2D eigenvalue weighted by Crippen LogP contribution is -2.28. The van der Waals surface area contributed by atoms with E-state index in [1.54, 1.807) is 13.0 Å². The Kier molecular flexibility index (Phi) is 6.54. The second kappa shape index (κ2) is 9.38. The SMILES string of the molecule is CC(F)c1ccc(NC(=O)c2cnc(C(C)NC(=O)c3ncnc4c3CN(C)N4)s2)cc1Cl. The first-order chi connectivity index (χ1) is 15.7. The van der Waals surface area contributed by atoms with Crippen molar-refractivity contribution in [1.29, 1.82) is 0 Å². The third-order valence-electron chi connectivity index (χ3n) is 5.00. The van der Waals surface area contributed by atoms with Crippen LogP contribution in [0.3, 0.4) is 0 Å². The van der Waals surface area contributed by atoms with Crippen molar-refractivity contribution in [3.8, 4) is 0 Å². The first kappa shape index (κ1) is 23.0. The lowest BCUT2D eigenvalue weighted by molar-refractivity contribution is 0.0932. The molecule has 0 saturated carbocycles. The second-order valence-corrected chi connectivity index (χ2v) is 9.05. The molecule has 0 fully saturated rings. The Bertz CT molecular complexity index is 1220. The number of carbonyl (C=O) groups excluding carboxylic acids is 2. The van der Waals surface area contributed by atoms with E-state index in [1.165, 1.54) is 31.6 Å². The average molecular weight is 490 g/mol. The number of hydrogen-bond donors (Lipinski definition) is 3. The number of amides is 2. The molecule has 9 nitrogen and oxygen atoms in total. The number of fused-ring (bicyclic) bond motifs is 1. The highest BCUT2D eigenvalue weighted by Gasteiger charge is 2.26. The Morgan fingerprint density at radius 3 is 2.76 bits per heavy atom. The van der Waals surface area contributed by atoms with Gasteiger partial charge in [0.15, 0.2) is 0 Å². The lowest BCUT2D eigenvalue weighted by Gasteiger charge is -2.12. The number of alkyl halides is 1. The van der Waals surface area contributed by atoms with Crippen molar-refractivity contribution in [1.82, 2.24) is 25.3 Å². The van der Waals surface area contributed by atoms with Gasteiger partial charge in [-0.05, 0) is 26.0 Å². The van der Waals surface area contributed by atoms with Crippen molar-refractivity contribution >= 4 is 46.3 Å². The number of hydrazine groups is 1. The molecule has 2 unspecified atom stereocenters. The number of thiazole rings is 1. The summed E-state index contributed by atoms with van der Waals surface area (Å²) in [6.45, 7) is 3.68. The van der Waals surface area contributed by atoms with Crippen LogP contribution in [0.4, 0.5) is 15.9 Å². The zero-order valence-electron chi connectivity index (χ0n) is 18.0. The molecule has 3 heterocycles. The normalized spacial score (nSPS) is 14.8. The molecule has 4 rings (SSSR count). The van der Waals surface area contributed by atoms with Gasteiger partial charge in [0.25, 0.3) is 11.8 Å². The van der Waals surface area contributed by atoms with Crippen molar-refractivity contribution in [3.63, 3.8) is 0 Å². The van der Waals surface area contributed by atoms with Crippen molar-refractivity contribution in [2.75, 3.05) is 17.8 Å². The van der Waals surface area contributed by atoms with Gasteiger partial charge in [0.05, 0.1) is 12.2 Å². The fraction of sp³-hybridized carbons (Fsp3) is 0.286. The molecule has 2 amide bonds. The molecule has 1 aliphatic heterocycles. The molecule has 33 heavy (non-hydrogen) atoms. The molecule has 2 aromatic heterocycles. The number of benzene rings is 1. The van der Waals surface area contributed by atoms with Crippen molar-refractivity contribution in [3.05, 3.63) is 62.5 Å². The van der Waals surface area contributed by atoms with Crippen molar-refractivity contribution in [2.45, 2.75) is 32.6 Å². The highest BCUT2D eigenvalue weighted by molar-refractivity contribution is 7.13. The van der Waals surface area contributed by atoms with E-state index in [4.69, 9.17) is 11.6 Å². The van der Waals surface area contributed by atoms with E-state index in [0.717, 1.165) is 16.9 Å². The highest BCUT2D eigenvalue weighted by atomic mass is 35.5. The van der Waals surface area contributed by atoms with Gasteiger partial charge < -0.3 is 16.1 Å². The van der Waals surface area contributed by atoms with Gasteiger partial charge >= 0.3 is 0 Å². The minimum Gasteiger partial charge on any atom is -0.342 e. The number of nitrogens with one attached hydrogen (secondary N) is 3. The summed E-state index contributed by atoms with van der Waals surface area (Å²) >= 11 is 7.24. The molecule has 0 aliphatic carbocycles. The molecular weight excluding hydrogens is 469 g/mol. The van der Waals surface area contributed by atoms with Gasteiger partial charge in [0, 0.05) is 35.4 Å². The third kappa shape index (κ3) is 4.95. The molecular formula is C21H21ClFN7O2S. The predicted octanol–water partition coefficient (Wildman–Crippen LogP) is 4.13.